The van der Waals surface area contributed by atoms with Crippen LogP contribution in [0.25, 0.3) is 0 Å². The minimum absolute atomic E-state index is 0.731. The Labute approximate surface area is 115 Å². The SMILES string of the molecule is CNCc1sc(C2CCC(C(C)C)CC2)nc1C. The summed E-state index contributed by atoms with van der Waals surface area (Å²) in [6.45, 7) is 7.84. The molecule has 0 amide bonds. The number of nitrogens with zero attached hydrogens (tertiary/aromatic N) is 1. The van der Waals surface area contributed by atoms with E-state index in [0.717, 1.165) is 24.3 Å². The Morgan fingerprint density at radius 3 is 2.50 bits per heavy atom. The molecule has 102 valence electrons. The number of nitrogens with one attached hydrogen (secondary N) is 1. The lowest BCUT2D eigenvalue weighted by Gasteiger charge is -2.29. The molecule has 2 nitrogen and oxygen atoms in total. The van der Waals surface area contributed by atoms with E-state index in [1.165, 1.54) is 41.3 Å². The maximum atomic E-state index is 4.80. The standard InChI is InChI=1S/C15H26N2S/c1-10(2)12-5-7-13(8-6-12)15-17-11(3)14(18-15)9-16-4/h10,12-13,16H,5-9H2,1-4H3. The van der Waals surface area contributed by atoms with E-state index in [-0.39, 0.29) is 0 Å². The number of hydrogen-bond donors (Lipinski definition) is 1. The summed E-state index contributed by atoms with van der Waals surface area (Å²) in [5.74, 6) is 2.53. The molecule has 0 aromatic carbocycles. The van der Waals surface area contributed by atoms with Gasteiger partial charge in [0.15, 0.2) is 0 Å². The maximum Gasteiger partial charge on any atom is 0.0962 e. The fourth-order valence-electron chi connectivity index (χ4n) is 2.98. The Bertz CT molecular complexity index is 376. The fraction of sp³-hybridized carbons (Fsp3) is 0.800. The Morgan fingerprint density at radius 1 is 1.28 bits per heavy atom. The highest BCUT2D eigenvalue weighted by atomic mass is 32.1. The van der Waals surface area contributed by atoms with Gasteiger partial charge in [-0.15, -0.1) is 11.3 Å². The van der Waals surface area contributed by atoms with Gasteiger partial charge in [-0.05, 0) is 51.5 Å². The van der Waals surface area contributed by atoms with Crippen LogP contribution in [-0.2, 0) is 6.54 Å². The van der Waals surface area contributed by atoms with Gasteiger partial charge in [-0.25, -0.2) is 4.98 Å². The molecule has 18 heavy (non-hydrogen) atoms. The van der Waals surface area contributed by atoms with Crippen molar-refractivity contribution in [2.75, 3.05) is 7.05 Å². The monoisotopic (exact) mass is 266 g/mol. The van der Waals surface area contributed by atoms with Crippen molar-refractivity contribution in [2.45, 2.75) is 58.9 Å². The van der Waals surface area contributed by atoms with Crippen LogP contribution in [0.4, 0.5) is 0 Å². The predicted octanol–water partition coefficient (Wildman–Crippen LogP) is 4.10. The molecular weight excluding hydrogens is 240 g/mol. The smallest absolute Gasteiger partial charge is 0.0962 e. The van der Waals surface area contributed by atoms with Crippen LogP contribution >= 0.6 is 11.3 Å². The van der Waals surface area contributed by atoms with Crippen LogP contribution in [0.2, 0.25) is 0 Å². The Balaban J connectivity index is 1.99. The molecule has 1 aromatic heterocycles. The molecule has 0 spiro atoms. The van der Waals surface area contributed by atoms with E-state index in [4.69, 9.17) is 4.98 Å². The lowest BCUT2D eigenvalue weighted by molar-refractivity contribution is 0.258. The van der Waals surface area contributed by atoms with Crippen LogP contribution in [0.5, 0.6) is 0 Å². The molecule has 0 saturated heterocycles. The molecule has 1 aliphatic rings. The van der Waals surface area contributed by atoms with Gasteiger partial charge in [-0.2, -0.15) is 0 Å². The van der Waals surface area contributed by atoms with Gasteiger partial charge in [0.25, 0.3) is 0 Å². The highest BCUT2D eigenvalue weighted by Gasteiger charge is 2.26. The minimum Gasteiger partial charge on any atom is -0.315 e. The molecule has 0 unspecified atom stereocenters. The van der Waals surface area contributed by atoms with Crippen molar-refractivity contribution in [3.05, 3.63) is 15.6 Å². The van der Waals surface area contributed by atoms with Gasteiger partial charge in [-0.1, -0.05) is 13.8 Å². The molecule has 0 radical (unpaired) electrons. The van der Waals surface area contributed by atoms with Gasteiger partial charge in [-0.3, -0.25) is 0 Å². The fourth-order valence-corrected chi connectivity index (χ4v) is 4.23. The number of aryl methyl sites for hydroxylation is 1. The van der Waals surface area contributed by atoms with E-state index in [2.05, 4.69) is 26.1 Å². The summed E-state index contributed by atoms with van der Waals surface area (Å²) in [5, 5.41) is 4.62. The molecule has 3 heteroatoms. The highest BCUT2D eigenvalue weighted by molar-refractivity contribution is 7.11. The lowest BCUT2D eigenvalue weighted by atomic mass is 9.77. The average Bonchev–Trinajstić information content (AvgIpc) is 2.72. The predicted molar refractivity (Wildman–Crippen MR) is 79.2 cm³/mol. The first-order valence-corrected chi connectivity index (χ1v) is 8.04. The summed E-state index contributed by atoms with van der Waals surface area (Å²) in [7, 11) is 2.01. The highest BCUT2D eigenvalue weighted by Crippen LogP contribution is 2.40. The summed E-state index contributed by atoms with van der Waals surface area (Å²) < 4.78 is 0. The van der Waals surface area contributed by atoms with Crippen molar-refractivity contribution in [1.29, 1.82) is 0 Å². The quantitative estimate of drug-likeness (QED) is 0.887. The van der Waals surface area contributed by atoms with Crippen LogP contribution in [-0.4, -0.2) is 12.0 Å². The van der Waals surface area contributed by atoms with Crippen molar-refractivity contribution in [3.8, 4) is 0 Å². The molecular formula is C15H26N2S. The third-order valence-corrected chi connectivity index (χ3v) is 5.63. The van der Waals surface area contributed by atoms with E-state index >= 15 is 0 Å². The molecule has 1 aliphatic carbocycles. The zero-order valence-electron chi connectivity index (χ0n) is 12.1. The van der Waals surface area contributed by atoms with Gasteiger partial charge >= 0.3 is 0 Å². The molecule has 0 bridgehead atoms. The van der Waals surface area contributed by atoms with E-state index in [1.54, 1.807) is 0 Å². The normalized spacial score (nSPS) is 24.7. The third kappa shape index (κ3) is 3.12. The van der Waals surface area contributed by atoms with Crippen molar-refractivity contribution < 1.29 is 0 Å². The minimum atomic E-state index is 0.731. The lowest BCUT2D eigenvalue weighted by Crippen LogP contribution is -2.17. The Kier molecular flexibility index (Phi) is 4.79. The van der Waals surface area contributed by atoms with Crippen LogP contribution in [0.1, 0.15) is 61.0 Å². The van der Waals surface area contributed by atoms with Gasteiger partial charge < -0.3 is 5.32 Å². The molecule has 1 saturated carbocycles. The van der Waals surface area contributed by atoms with Crippen molar-refractivity contribution in [2.24, 2.45) is 11.8 Å². The van der Waals surface area contributed by atoms with Crippen molar-refractivity contribution in [1.82, 2.24) is 10.3 Å². The van der Waals surface area contributed by atoms with E-state index < -0.39 is 0 Å². The second-order valence-corrected chi connectivity index (χ2v) is 7.06. The van der Waals surface area contributed by atoms with Gasteiger partial charge in [0.1, 0.15) is 0 Å². The van der Waals surface area contributed by atoms with Gasteiger partial charge in [0, 0.05) is 17.3 Å². The summed E-state index contributed by atoms with van der Waals surface area (Å²) in [6.07, 6.45) is 5.47. The van der Waals surface area contributed by atoms with Crippen molar-refractivity contribution >= 4 is 11.3 Å². The molecule has 2 rings (SSSR count). The van der Waals surface area contributed by atoms with E-state index in [0.29, 0.717) is 0 Å². The molecule has 1 N–H and O–H groups in total. The first-order chi connectivity index (χ1) is 8.61. The van der Waals surface area contributed by atoms with Crippen LogP contribution < -0.4 is 5.32 Å². The second kappa shape index (κ2) is 6.16. The maximum absolute atomic E-state index is 4.80. The second-order valence-electron chi connectivity index (χ2n) is 5.95. The summed E-state index contributed by atoms with van der Waals surface area (Å²) >= 11 is 1.93. The molecule has 1 fully saturated rings. The largest absolute Gasteiger partial charge is 0.315 e. The van der Waals surface area contributed by atoms with Gasteiger partial charge in [0.2, 0.25) is 0 Å². The Morgan fingerprint density at radius 2 is 1.94 bits per heavy atom. The van der Waals surface area contributed by atoms with E-state index in [1.807, 2.05) is 18.4 Å². The summed E-state index contributed by atoms with van der Waals surface area (Å²) in [4.78, 5) is 6.22. The van der Waals surface area contributed by atoms with Gasteiger partial charge in [0.05, 0.1) is 10.7 Å². The number of thiazole rings is 1. The van der Waals surface area contributed by atoms with E-state index in [9.17, 15) is 0 Å². The van der Waals surface area contributed by atoms with Crippen LogP contribution in [0, 0.1) is 18.8 Å². The number of aromatic nitrogens is 1. The van der Waals surface area contributed by atoms with Crippen LogP contribution in [0.3, 0.4) is 0 Å². The molecule has 1 heterocycles. The first-order valence-electron chi connectivity index (χ1n) is 7.22. The zero-order chi connectivity index (χ0) is 13.1. The Hall–Kier alpha value is -0.410. The zero-order valence-corrected chi connectivity index (χ0v) is 12.9. The third-order valence-electron chi connectivity index (χ3n) is 4.31. The summed E-state index contributed by atoms with van der Waals surface area (Å²) in [6, 6.07) is 0. The number of hydrogen-bond acceptors (Lipinski definition) is 3. The summed E-state index contributed by atoms with van der Waals surface area (Å²) in [5.41, 5.74) is 1.23. The van der Waals surface area contributed by atoms with Crippen LogP contribution in [0.15, 0.2) is 0 Å². The average molecular weight is 266 g/mol. The molecule has 0 atom stereocenters. The topological polar surface area (TPSA) is 24.9 Å². The molecule has 0 aliphatic heterocycles. The first kappa shape index (κ1) is 14.0. The van der Waals surface area contributed by atoms with Crippen molar-refractivity contribution in [3.63, 3.8) is 0 Å². The number of rotatable bonds is 4. The molecule has 1 aromatic rings.